The number of pyridine rings is 1. The molecule has 1 rings (SSSR count). The minimum Gasteiger partial charge on any atom is -0.365 e. The van der Waals surface area contributed by atoms with Crippen LogP contribution in [-0.2, 0) is 6.54 Å². The summed E-state index contributed by atoms with van der Waals surface area (Å²) >= 11 is 0. The van der Waals surface area contributed by atoms with Crippen molar-refractivity contribution in [2.45, 2.75) is 52.7 Å². The molecule has 1 aromatic rings. The zero-order valence-corrected chi connectivity index (χ0v) is 11.0. The minimum atomic E-state index is 0.0426. The highest BCUT2D eigenvalue weighted by molar-refractivity contribution is 5.45. The molecule has 0 saturated carbocycles. The Hall–Kier alpha value is -1.09. The first kappa shape index (κ1) is 13.0. The van der Waals surface area contributed by atoms with Crippen LogP contribution in [0, 0.1) is 0 Å². The third-order valence-corrected chi connectivity index (χ3v) is 2.09. The second-order valence-electron chi connectivity index (χ2n) is 5.42. The molecule has 1 aromatic heterocycles. The molecule has 1 heterocycles. The normalized spacial score (nSPS) is 11.9. The van der Waals surface area contributed by atoms with E-state index in [2.05, 4.69) is 56.3 Å². The maximum Gasteiger partial charge on any atom is 0.130 e. The third kappa shape index (κ3) is 4.62. The molecule has 3 heteroatoms. The van der Waals surface area contributed by atoms with Gasteiger partial charge in [0.1, 0.15) is 5.82 Å². The summed E-state index contributed by atoms with van der Waals surface area (Å²) in [5.74, 6) is 0.975. The fourth-order valence-electron chi connectivity index (χ4n) is 1.36. The molecule has 0 spiro atoms. The molecule has 3 nitrogen and oxygen atoms in total. The molecule has 0 fully saturated rings. The van der Waals surface area contributed by atoms with E-state index in [1.54, 1.807) is 0 Å². The van der Waals surface area contributed by atoms with Gasteiger partial charge < -0.3 is 10.6 Å². The van der Waals surface area contributed by atoms with Gasteiger partial charge in [-0.2, -0.15) is 0 Å². The predicted molar refractivity (Wildman–Crippen MR) is 69.6 cm³/mol. The molecule has 0 saturated heterocycles. The summed E-state index contributed by atoms with van der Waals surface area (Å²) in [4.78, 5) is 4.39. The largest absolute Gasteiger partial charge is 0.365 e. The molecule has 0 aliphatic rings. The summed E-state index contributed by atoms with van der Waals surface area (Å²) in [5, 5.41) is 6.83. The molecule has 0 aromatic carbocycles. The van der Waals surface area contributed by atoms with E-state index in [0.717, 1.165) is 12.4 Å². The number of aromatic nitrogens is 1. The fraction of sp³-hybridized carbons (Fsp3) is 0.615. The van der Waals surface area contributed by atoms with Crippen molar-refractivity contribution < 1.29 is 0 Å². The van der Waals surface area contributed by atoms with Crippen LogP contribution in [0.25, 0.3) is 0 Å². The number of anilines is 1. The Morgan fingerprint density at radius 3 is 2.56 bits per heavy atom. The molecule has 90 valence electrons. The van der Waals surface area contributed by atoms with Crippen LogP contribution in [0.3, 0.4) is 0 Å². The summed E-state index contributed by atoms with van der Waals surface area (Å²) < 4.78 is 0. The summed E-state index contributed by atoms with van der Waals surface area (Å²) in [6.07, 6.45) is 1.83. The first-order valence-corrected chi connectivity index (χ1v) is 5.84. The lowest BCUT2D eigenvalue weighted by molar-refractivity contribution is 0.584. The zero-order valence-electron chi connectivity index (χ0n) is 11.0. The van der Waals surface area contributed by atoms with Crippen LogP contribution in [0.1, 0.15) is 40.2 Å². The van der Waals surface area contributed by atoms with E-state index < -0.39 is 0 Å². The van der Waals surface area contributed by atoms with E-state index in [1.807, 2.05) is 12.3 Å². The van der Waals surface area contributed by atoms with Crippen LogP contribution in [0.15, 0.2) is 18.3 Å². The number of rotatable bonds is 4. The van der Waals surface area contributed by atoms with Crippen molar-refractivity contribution in [1.29, 1.82) is 0 Å². The lowest BCUT2D eigenvalue weighted by atomic mass is 10.1. The molecule has 0 bridgehead atoms. The average Bonchev–Trinajstić information content (AvgIpc) is 2.14. The van der Waals surface area contributed by atoms with Crippen LogP contribution < -0.4 is 10.6 Å². The number of nitrogens with zero attached hydrogens (tertiary/aromatic N) is 1. The van der Waals surface area contributed by atoms with E-state index in [-0.39, 0.29) is 5.54 Å². The molecule has 0 radical (unpaired) electrons. The number of hydrogen-bond donors (Lipinski definition) is 2. The van der Waals surface area contributed by atoms with Gasteiger partial charge in [0.25, 0.3) is 0 Å². The Balaban J connectivity index is 2.75. The van der Waals surface area contributed by atoms with Gasteiger partial charge in [-0.25, -0.2) is 4.98 Å². The minimum absolute atomic E-state index is 0.0426. The van der Waals surface area contributed by atoms with Gasteiger partial charge in [-0.15, -0.1) is 0 Å². The van der Waals surface area contributed by atoms with Gasteiger partial charge in [0.05, 0.1) is 0 Å². The van der Waals surface area contributed by atoms with Gasteiger partial charge in [0, 0.05) is 29.9 Å². The second-order valence-corrected chi connectivity index (χ2v) is 5.42. The molecular formula is C13H23N3. The Labute approximate surface area is 98.7 Å². The first-order chi connectivity index (χ1) is 7.38. The van der Waals surface area contributed by atoms with Crippen molar-refractivity contribution in [2.75, 3.05) is 5.32 Å². The van der Waals surface area contributed by atoms with Crippen LogP contribution in [0.5, 0.6) is 0 Å². The molecule has 0 aliphatic heterocycles. The van der Waals surface area contributed by atoms with Gasteiger partial charge in [0.2, 0.25) is 0 Å². The monoisotopic (exact) mass is 221 g/mol. The highest BCUT2D eigenvalue weighted by Gasteiger charge is 2.12. The molecule has 0 aliphatic carbocycles. The highest BCUT2D eigenvalue weighted by Crippen LogP contribution is 2.16. The van der Waals surface area contributed by atoms with Gasteiger partial charge in [-0.1, -0.05) is 19.9 Å². The van der Waals surface area contributed by atoms with E-state index in [1.165, 1.54) is 5.56 Å². The second kappa shape index (κ2) is 5.30. The topological polar surface area (TPSA) is 37.0 Å². The molecule has 16 heavy (non-hydrogen) atoms. The zero-order chi connectivity index (χ0) is 12.2. The Morgan fingerprint density at radius 1 is 1.31 bits per heavy atom. The smallest absolute Gasteiger partial charge is 0.130 e. The number of nitrogens with one attached hydrogen (secondary N) is 2. The van der Waals surface area contributed by atoms with Crippen molar-refractivity contribution in [3.63, 3.8) is 0 Å². The van der Waals surface area contributed by atoms with Crippen LogP contribution in [0.2, 0.25) is 0 Å². The van der Waals surface area contributed by atoms with Gasteiger partial charge in [0.15, 0.2) is 0 Å². The van der Waals surface area contributed by atoms with E-state index in [4.69, 9.17) is 0 Å². The van der Waals surface area contributed by atoms with E-state index >= 15 is 0 Å². The Morgan fingerprint density at radius 2 is 2.00 bits per heavy atom. The van der Waals surface area contributed by atoms with E-state index in [9.17, 15) is 0 Å². The standard InChI is InChI=1S/C13H23N3/c1-10(2)15-9-11-7-6-8-14-12(11)16-13(3,4)5/h6-8,10,15H,9H2,1-5H3,(H,14,16). The summed E-state index contributed by atoms with van der Waals surface area (Å²) in [5.41, 5.74) is 1.26. The Bertz CT molecular complexity index is 326. The lowest BCUT2D eigenvalue weighted by Gasteiger charge is -2.23. The van der Waals surface area contributed by atoms with E-state index in [0.29, 0.717) is 6.04 Å². The van der Waals surface area contributed by atoms with Crippen molar-refractivity contribution in [1.82, 2.24) is 10.3 Å². The van der Waals surface area contributed by atoms with Crippen LogP contribution >= 0.6 is 0 Å². The maximum absolute atomic E-state index is 4.39. The average molecular weight is 221 g/mol. The van der Waals surface area contributed by atoms with Gasteiger partial charge in [-0.05, 0) is 26.8 Å². The van der Waals surface area contributed by atoms with Crippen molar-refractivity contribution in [3.8, 4) is 0 Å². The molecule has 0 unspecified atom stereocenters. The molecular weight excluding hydrogens is 198 g/mol. The van der Waals surface area contributed by atoms with Crippen LogP contribution in [0.4, 0.5) is 5.82 Å². The fourth-order valence-corrected chi connectivity index (χ4v) is 1.36. The molecule has 2 N–H and O–H groups in total. The summed E-state index contributed by atoms with van der Waals surface area (Å²) in [6, 6.07) is 4.57. The summed E-state index contributed by atoms with van der Waals surface area (Å²) in [7, 11) is 0. The Kier molecular flexibility index (Phi) is 4.30. The highest BCUT2D eigenvalue weighted by atomic mass is 15.0. The van der Waals surface area contributed by atoms with Crippen molar-refractivity contribution in [2.24, 2.45) is 0 Å². The lowest BCUT2D eigenvalue weighted by Crippen LogP contribution is -2.29. The van der Waals surface area contributed by atoms with Crippen molar-refractivity contribution >= 4 is 5.82 Å². The quantitative estimate of drug-likeness (QED) is 0.821. The maximum atomic E-state index is 4.39. The van der Waals surface area contributed by atoms with Gasteiger partial charge in [-0.3, -0.25) is 0 Å². The van der Waals surface area contributed by atoms with Crippen LogP contribution in [-0.4, -0.2) is 16.6 Å². The molecule has 0 amide bonds. The SMILES string of the molecule is CC(C)NCc1cccnc1NC(C)(C)C. The predicted octanol–water partition coefficient (Wildman–Crippen LogP) is 2.79. The van der Waals surface area contributed by atoms with Gasteiger partial charge >= 0.3 is 0 Å². The molecule has 0 atom stereocenters. The van der Waals surface area contributed by atoms with Crippen molar-refractivity contribution in [3.05, 3.63) is 23.9 Å². The summed E-state index contributed by atoms with van der Waals surface area (Å²) in [6.45, 7) is 11.6. The first-order valence-electron chi connectivity index (χ1n) is 5.84. The third-order valence-electron chi connectivity index (χ3n) is 2.09. The number of hydrogen-bond acceptors (Lipinski definition) is 3.